The van der Waals surface area contributed by atoms with Crippen LogP contribution < -0.4 is 10.2 Å². The second-order valence-electron chi connectivity index (χ2n) is 7.46. The van der Waals surface area contributed by atoms with E-state index < -0.39 is 35.6 Å². The van der Waals surface area contributed by atoms with E-state index in [-0.39, 0.29) is 22.6 Å². The minimum absolute atomic E-state index is 0.0857. The monoisotopic (exact) mass is 433 g/mol. The number of hydrogen-bond donors (Lipinski definition) is 4. The number of nitrogens with one attached hydrogen (secondary N) is 1. The molecule has 0 bridgehead atoms. The first-order valence-electron chi connectivity index (χ1n) is 9.69. The van der Waals surface area contributed by atoms with Crippen LogP contribution in [0.1, 0.15) is 41.7 Å². The minimum Gasteiger partial charge on any atom is -0.386 e. The Morgan fingerprint density at radius 3 is 2.87 bits per heavy atom. The maximum Gasteiger partial charge on any atom is 0.273 e. The zero-order valence-corrected chi connectivity index (χ0v) is 16.5. The summed E-state index contributed by atoms with van der Waals surface area (Å²) in [6, 6.07) is 4.21. The van der Waals surface area contributed by atoms with Gasteiger partial charge >= 0.3 is 0 Å². The molecule has 9 nitrogen and oxygen atoms in total. The van der Waals surface area contributed by atoms with Crippen LogP contribution in [0.2, 0.25) is 0 Å². The molecule has 1 aliphatic heterocycles. The summed E-state index contributed by atoms with van der Waals surface area (Å²) < 4.78 is 29.6. The van der Waals surface area contributed by atoms with Gasteiger partial charge in [0.15, 0.2) is 11.5 Å². The van der Waals surface area contributed by atoms with Gasteiger partial charge in [-0.3, -0.25) is 10.1 Å². The summed E-state index contributed by atoms with van der Waals surface area (Å²) in [5.41, 5.74) is 0.177. The van der Waals surface area contributed by atoms with Crippen molar-refractivity contribution in [1.29, 1.82) is 0 Å². The Morgan fingerprint density at radius 2 is 2.13 bits per heavy atom. The molecule has 0 unspecified atom stereocenters. The van der Waals surface area contributed by atoms with Crippen molar-refractivity contribution in [3.63, 3.8) is 0 Å². The highest BCUT2D eigenvalue weighted by Gasteiger charge is 2.38. The van der Waals surface area contributed by atoms with Gasteiger partial charge in [-0.1, -0.05) is 0 Å². The number of aliphatic hydroxyl groups excluding tert-OH is 1. The van der Waals surface area contributed by atoms with Gasteiger partial charge < -0.3 is 20.2 Å². The lowest BCUT2D eigenvalue weighted by Crippen LogP contribution is -2.55. The normalized spacial score (nSPS) is 17.9. The molecule has 31 heavy (non-hydrogen) atoms. The topological polar surface area (TPSA) is 123 Å². The molecule has 1 aromatic carbocycles. The molecular weight excluding hydrogens is 412 g/mol. The molecule has 164 valence electrons. The molecule has 0 radical (unpaired) electrons. The van der Waals surface area contributed by atoms with Gasteiger partial charge in [0.25, 0.3) is 11.8 Å². The summed E-state index contributed by atoms with van der Waals surface area (Å²) >= 11 is 0. The fourth-order valence-electron chi connectivity index (χ4n) is 3.73. The number of fused-ring (bicyclic) bond motifs is 1. The minimum atomic E-state index is -2.89. The average molecular weight is 433 g/mol. The Morgan fingerprint density at radius 1 is 1.35 bits per heavy atom. The van der Waals surface area contributed by atoms with E-state index in [4.69, 9.17) is 0 Å². The van der Waals surface area contributed by atoms with E-state index in [0.29, 0.717) is 19.4 Å². The van der Waals surface area contributed by atoms with Crippen LogP contribution in [0.25, 0.3) is 5.65 Å². The predicted molar refractivity (Wildman–Crippen MR) is 105 cm³/mol. The summed E-state index contributed by atoms with van der Waals surface area (Å²) in [6.45, 7) is 1.50. The lowest BCUT2D eigenvalue weighted by atomic mass is 10.0. The van der Waals surface area contributed by atoms with Crippen LogP contribution in [0.4, 0.5) is 14.6 Å². The number of amides is 1. The Kier molecular flexibility index (Phi) is 5.33. The first kappa shape index (κ1) is 21.1. The maximum absolute atomic E-state index is 14.5. The lowest BCUT2D eigenvalue weighted by molar-refractivity contribution is -0.232. The van der Waals surface area contributed by atoms with Crippen LogP contribution in [0, 0.1) is 11.6 Å². The van der Waals surface area contributed by atoms with Crippen LogP contribution in [0.3, 0.4) is 0 Å². The van der Waals surface area contributed by atoms with E-state index in [9.17, 15) is 28.9 Å². The molecule has 1 aliphatic rings. The third kappa shape index (κ3) is 3.82. The summed E-state index contributed by atoms with van der Waals surface area (Å²) in [6.07, 6.45) is 2.44. The number of aliphatic hydroxyl groups is 3. The second kappa shape index (κ2) is 7.84. The van der Waals surface area contributed by atoms with Gasteiger partial charge in [0.05, 0.1) is 6.04 Å². The highest BCUT2D eigenvalue weighted by molar-refractivity contribution is 6.05. The van der Waals surface area contributed by atoms with E-state index in [1.807, 2.05) is 5.32 Å². The molecule has 3 aromatic rings. The number of hydrogen-bond acceptors (Lipinski definition) is 7. The fraction of sp³-hybridized carbons (Fsp3) is 0.350. The number of carbonyl (C=O) groups excluding carboxylic acids is 1. The van der Waals surface area contributed by atoms with Gasteiger partial charge in [0, 0.05) is 24.5 Å². The highest BCUT2D eigenvalue weighted by Crippen LogP contribution is 2.39. The standard InChI is InChI=1S/C20H21F2N5O4/c1-11(28)20(30,31)24-19(29)16-17-23-7-3-9-27(17)25-18(16)26-8-2-4-15(26)13-10-12(21)5-6-14(13)22/h3,5-7,9-11,15,28,30-31H,2,4,8H2,1H3,(H,24,29)/t11-,15+/m0/s1. The molecule has 4 N–H and O–H groups in total. The Balaban J connectivity index is 1.81. The molecule has 2 atom stereocenters. The molecule has 0 spiro atoms. The first-order valence-corrected chi connectivity index (χ1v) is 9.69. The van der Waals surface area contributed by atoms with Crippen molar-refractivity contribution in [1.82, 2.24) is 19.9 Å². The SMILES string of the molecule is C[C@H](O)C(O)(O)NC(=O)c1c(N2CCC[C@@H]2c2cc(F)ccc2F)nn2cccnc12. The molecule has 11 heteroatoms. The van der Waals surface area contributed by atoms with Gasteiger partial charge in [-0.2, -0.15) is 0 Å². The number of carbonyl (C=O) groups is 1. The summed E-state index contributed by atoms with van der Waals surface area (Å²) in [7, 11) is 0. The van der Waals surface area contributed by atoms with Crippen LogP contribution in [-0.2, 0) is 0 Å². The van der Waals surface area contributed by atoms with Gasteiger partial charge in [-0.25, -0.2) is 18.3 Å². The fourth-order valence-corrected chi connectivity index (χ4v) is 3.73. The molecule has 4 rings (SSSR count). The van der Waals surface area contributed by atoms with Crippen LogP contribution in [0.15, 0.2) is 36.7 Å². The van der Waals surface area contributed by atoms with Crippen LogP contribution in [-0.4, -0.2) is 54.4 Å². The van der Waals surface area contributed by atoms with Crippen molar-refractivity contribution in [3.8, 4) is 0 Å². The average Bonchev–Trinajstić information content (AvgIpc) is 3.33. The second-order valence-corrected chi connectivity index (χ2v) is 7.46. The van der Waals surface area contributed by atoms with E-state index in [1.54, 1.807) is 17.2 Å². The van der Waals surface area contributed by atoms with Gasteiger partial charge in [-0.15, -0.1) is 5.10 Å². The lowest BCUT2D eigenvalue weighted by Gasteiger charge is -2.28. The maximum atomic E-state index is 14.5. The Bertz CT molecular complexity index is 1130. The molecule has 2 aromatic heterocycles. The number of halogens is 2. The number of anilines is 1. The van der Waals surface area contributed by atoms with Gasteiger partial charge in [0.1, 0.15) is 23.3 Å². The van der Waals surface area contributed by atoms with Gasteiger partial charge in [0.2, 0.25) is 0 Å². The smallest absolute Gasteiger partial charge is 0.273 e. The van der Waals surface area contributed by atoms with Crippen molar-refractivity contribution in [2.24, 2.45) is 0 Å². The number of benzene rings is 1. The highest BCUT2D eigenvalue weighted by atomic mass is 19.1. The molecule has 1 saturated heterocycles. The predicted octanol–water partition coefficient (Wildman–Crippen LogP) is 1.10. The van der Waals surface area contributed by atoms with E-state index in [0.717, 1.165) is 25.1 Å². The van der Waals surface area contributed by atoms with Crippen molar-refractivity contribution in [2.45, 2.75) is 37.8 Å². The van der Waals surface area contributed by atoms with Crippen molar-refractivity contribution in [2.75, 3.05) is 11.4 Å². The third-order valence-electron chi connectivity index (χ3n) is 5.33. The van der Waals surface area contributed by atoms with E-state index >= 15 is 0 Å². The largest absolute Gasteiger partial charge is 0.386 e. The van der Waals surface area contributed by atoms with E-state index in [1.165, 1.54) is 10.7 Å². The summed E-state index contributed by atoms with van der Waals surface area (Å²) in [5.74, 6) is -4.87. The summed E-state index contributed by atoms with van der Waals surface area (Å²) in [4.78, 5) is 18.8. The molecular formula is C20H21F2N5O4. The van der Waals surface area contributed by atoms with Crippen molar-refractivity contribution >= 4 is 17.4 Å². The van der Waals surface area contributed by atoms with Crippen molar-refractivity contribution < 1.29 is 28.9 Å². The Hall–Kier alpha value is -3.15. The van der Waals surface area contributed by atoms with Crippen LogP contribution in [0.5, 0.6) is 0 Å². The van der Waals surface area contributed by atoms with Crippen molar-refractivity contribution in [3.05, 3.63) is 59.4 Å². The first-order chi connectivity index (χ1) is 14.7. The molecule has 0 aliphatic carbocycles. The zero-order valence-electron chi connectivity index (χ0n) is 16.5. The van der Waals surface area contributed by atoms with Gasteiger partial charge in [-0.05, 0) is 44.0 Å². The number of rotatable bonds is 5. The summed E-state index contributed by atoms with van der Waals surface area (Å²) in [5, 5.41) is 35.7. The molecule has 1 fully saturated rings. The third-order valence-corrected chi connectivity index (χ3v) is 5.33. The molecule has 1 amide bonds. The quantitative estimate of drug-likeness (QED) is 0.444. The van der Waals surface area contributed by atoms with Crippen LogP contribution >= 0.6 is 0 Å². The Labute approximate surface area is 175 Å². The van der Waals surface area contributed by atoms with E-state index in [2.05, 4.69) is 10.1 Å². The molecule has 0 saturated carbocycles. The number of aromatic nitrogens is 3. The molecule has 3 heterocycles. The zero-order chi connectivity index (χ0) is 22.3. The number of nitrogens with zero attached hydrogens (tertiary/aromatic N) is 4.